The van der Waals surface area contributed by atoms with Crippen LogP contribution in [-0.4, -0.2) is 16.0 Å². The van der Waals surface area contributed by atoms with Crippen molar-refractivity contribution in [1.29, 1.82) is 5.26 Å². The van der Waals surface area contributed by atoms with Gasteiger partial charge in [-0.25, -0.2) is 4.98 Å². The highest BCUT2D eigenvalue weighted by molar-refractivity contribution is 5.68. The van der Waals surface area contributed by atoms with Crippen molar-refractivity contribution in [3.05, 3.63) is 53.9 Å². The molecule has 1 aromatic carbocycles. The van der Waals surface area contributed by atoms with Gasteiger partial charge in [-0.05, 0) is 49.7 Å². The molecule has 110 valence electrons. The summed E-state index contributed by atoms with van der Waals surface area (Å²) in [7, 11) is 0. The minimum atomic E-state index is 0.327. The summed E-state index contributed by atoms with van der Waals surface area (Å²) in [5.74, 6) is 0.841. The molecule has 0 N–H and O–H groups in total. The van der Waals surface area contributed by atoms with Crippen molar-refractivity contribution in [3.8, 4) is 23.1 Å². The monoisotopic (exact) mass is 291 g/mol. The number of nitrogens with zero attached hydrogens (tertiary/aromatic N) is 3. The lowest BCUT2D eigenvalue weighted by atomic mass is 10.1. The quantitative estimate of drug-likeness (QED) is 0.735. The first-order valence-electron chi connectivity index (χ1n) is 7.31. The van der Waals surface area contributed by atoms with E-state index >= 15 is 0 Å². The van der Waals surface area contributed by atoms with E-state index in [0.717, 1.165) is 33.9 Å². The van der Waals surface area contributed by atoms with E-state index in [0.29, 0.717) is 13.0 Å². The average molecular weight is 291 g/mol. The Balaban J connectivity index is 2.15. The van der Waals surface area contributed by atoms with Crippen LogP contribution >= 0.6 is 0 Å². The molecule has 3 rings (SSSR count). The van der Waals surface area contributed by atoms with Crippen LogP contribution in [0.3, 0.4) is 0 Å². The summed E-state index contributed by atoms with van der Waals surface area (Å²) in [5.41, 5.74) is 4.77. The van der Waals surface area contributed by atoms with E-state index in [-0.39, 0.29) is 0 Å². The van der Waals surface area contributed by atoms with Crippen molar-refractivity contribution in [3.63, 3.8) is 0 Å². The highest BCUT2D eigenvalue weighted by atomic mass is 16.5. The molecule has 0 aliphatic heterocycles. The first-order chi connectivity index (χ1) is 10.7. The summed E-state index contributed by atoms with van der Waals surface area (Å²) in [4.78, 5) is 4.75. The van der Waals surface area contributed by atoms with Crippen LogP contribution in [0.25, 0.3) is 16.9 Å². The average Bonchev–Trinajstić information content (AvgIpc) is 2.89. The maximum absolute atomic E-state index is 9.14. The third-order valence-corrected chi connectivity index (χ3v) is 3.63. The molecule has 0 unspecified atom stereocenters. The number of nitriles is 1. The van der Waals surface area contributed by atoms with E-state index in [1.165, 1.54) is 0 Å². The van der Waals surface area contributed by atoms with Crippen LogP contribution in [-0.2, 0) is 6.42 Å². The molecular formula is C18H17N3O. The van der Waals surface area contributed by atoms with Crippen LogP contribution in [0.1, 0.15) is 18.2 Å². The Morgan fingerprint density at radius 2 is 2.00 bits per heavy atom. The predicted octanol–water partition coefficient (Wildman–Crippen LogP) is 3.77. The Kier molecular flexibility index (Phi) is 3.80. The molecule has 2 heterocycles. The Labute approximate surface area is 129 Å². The summed E-state index contributed by atoms with van der Waals surface area (Å²) in [6, 6.07) is 14.1. The number of imidazole rings is 1. The number of aromatic nitrogens is 2. The minimum Gasteiger partial charge on any atom is -0.494 e. The van der Waals surface area contributed by atoms with Gasteiger partial charge in [0.2, 0.25) is 0 Å². The van der Waals surface area contributed by atoms with E-state index < -0.39 is 0 Å². The van der Waals surface area contributed by atoms with Crippen molar-refractivity contribution >= 4 is 5.65 Å². The molecular weight excluding hydrogens is 274 g/mol. The van der Waals surface area contributed by atoms with Crippen LogP contribution in [0.4, 0.5) is 0 Å². The number of rotatable bonds is 4. The summed E-state index contributed by atoms with van der Waals surface area (Å²) in [5, 5.41) is 9.14. The van der Waals surface area contributed by atoms with Crippen molar-refractivity contribution < 1.29 is 4.74 Å². The fourth-order valence-corrected chi connectivity index (χ4v) is 2.60. The molecule has 0 spiro atoms. The molecule has 0 aliphatic rings. The fourth-order valence-electron chi connectivity index (χ4n) is 2.60. The van der Waals surface area contributed by atoms with E-state index in [2.05, 4.69) is 6.07 Å². The number of pyridine rings is 1. The van der Waals surface area contributed by atoms with Crippen LogP contribution in [0.15, 0.2) is 42.6 Å². The summed E-state index contributed by atoms with van der Waals surface area (Å²) >= 11 is 0. The maximum Gasteiger partial charge on any atom is 0.140 e. The van der Waals surface area contributed by atoms with Crippen molar-refractivity contribution in [2.75, 3.05) is 6.61 Å². The number of ether oxygens (including phenoxy) is 1. The molecule has 0 radical (unpaired) electrons. The zero-order valence-electron chi connectivity index (χ0n) is 12.7. The van der Waals surface area contributed by atoms with Gasteiger partial charge in [0.05, 0.1) is 30.5 Å². The Bertz CT molecular complexity index is 841. The molecule has 3 aromatic rings. The van der Waals surface area contributed by atoms with Crippen molar-refractivity contribution in [1.82, 2.24) is 9.38 Å². The number of hydrogen-bond acceptors (Lipinski definition) is 3. The fraction of sp³-hybridized carbons (Fsp3) is 0.222. The largest absolute Gasteiger partial charge is 0.494 e. The van der Waals surface area contributed by atoms with E-state index in [9.17, 15) is 0 Å². The summed E-state index contributed by atoms with van der Waals surface area (Å²) in [6.07, 6.45) is 2.28. The van der Waals surface area contributed by atoms with E-state index in [1.54, 1.807) is 0 Å². The van der Waals surface area contributed by atoms with Gasteiger partial charge in [0.1, 0.15) is 11.4 Å². The molecule has 0 aliphatic carbocycles. The lowest BCUT2D eigenvalue weighted by molar-refractivity contribution is 0.340. The van der Waals surface area contributed by atoms with Gasteiger partial charge >= 0.3 is 0 Å². The lowest BCUT2D eigenvalue weighted by Gasteiger charge is -2.05. The first-order valence-corrected chi connectivity index (χ1v) is 7.31. The van der Waals surface area contributed by atoms with E-state index in [4.69, 9.17) is 15.0 Å². The second-order valence-corrected chi connectivity index (χ2v) is 5.08. The third kappa shape index (κ3) is 2.42. The SMILES string of the molecule is CCOc1ccc(-c2nc3c(C)cccn3c2CC#N)cc1. The van der Waals surface area contributed by atoms with E-state index in [1.807, 2.05) is 60.8 Å². The highest BCUT2D eigenvalue weighted by Gasteiger charge is 2.14. The van der Waals surface area contributed by atoms with Gasteiger partial charge in [-0.15, -0.1) is 0 Å². The van der Waals surface area contributed by atoms with Gasteiger partial charge in [0.15, 0.2) is 0 Å². The van der Waals surface area contributed by atoms with Gasteiger partial charge in [0.25, 0.3) is 0 Å². The Morgan fingerprint density at radius 3 is 2.68 bits per heavy atom. The van der Waals surface area contributed by atoms with Gasteiger partial charge in [-0.3, -0.25) is 0 Å². The van der Waals surface area contributed by atoms with Crippen LogP contribution in [0.5, 0.6) is 5.75 Å². The van der Waals surface area contributed by atoms with Gasteiger partial charge in [-0.1, -0.05) is 6.07 Å². The van der Waals surface area contributed by atoms with Crippen LogP contribution < -0.4 is 4.74 Å². The molecule has 22 heavy (non-hydrogen) atoms. The molecule has 0 amide bonds. The number of hydrogen-bond donors (Lipinski definition) is 0. The second-order valence-electron chi connectivity index (χ2n) is 5.08. The second kappa shape index (κ2) is 5.90. The molecule has 0 fully saturated rings. The Hall–Kier alpha value is -2.80. The predicted molar refractivity (Wildman–Crippen MR) is 85.9 cm³/mol. The first kappa shape index (κ1) is 14.2. The molecule has 0 bridgehead atoms. The minimum absolute atomic E-state index is 0.327. The lowest BCUT2D eigenvalue weighted by Crippen LogP contribution is -1.94. The maximum atomic E-state index is 9.14. The standard InChI is InChI=1S/C18H17N3O/c1-3-22-15-8-6-14(7-9-15)17-16(10-11-19)21-12-4-5-13(2)18(21)20-17/h4-9,12H,3,10H2,1-2H3. The molecule has 0 saturated heterocycles. The molecule has 4 heteroatoms. The summed E-state index contributed by atoms with van der Waals surface area (Å²) < 4.78 is 7.48. The molecule has 2 aromatic heterocycles. The Morgan fingerprint density at radius 1 is 1.23 bits per heavy atom. The number of benzene rings is 1. The molecule has 4 nitrogen and oxygen atoms in total. The summed E-state index contributed by atoms with van der Waals surface area (Å²) in [6.45, 7) is 4.64. The van der Waals surface area contributed by atoms with Crippen molar-refractivity contribution in [2.24, 2.45) is 0 Å². The van der Waals surface area contributed by atoms with Crippen molar-refractivity contribution in [2.45, 2.75) is 20.3 Å². The normalized spacial score (nSPS) is 10.6. The van der Waals surface area contributed by atoms with Gasteiger partial charge in [-0.2, -0.15) is 5.26 Å². The zero-order valence-corrected chi connectivity index (χ0v) is 12.7. The highest BCUT2D eigenvalue weighted by Crippen LogP contribution is 2.27. The van der Waals surface area contributed by atoms with Crippen LogP contribution in [0, 0.1) is 18.3 Å². The van der Waals surface area contributed by atoms with Gasteiger partial charge < -0.3 is 9.14 Å². The molecule has 0 saturated carbocycles. The third-order valence-electron chi connectivity index (χ3n) is 3.63. The van der Waals surface area contributed by atoms with Gasteiger partial charge in [0, 0.05) is 11.8 Å². The number of fused-ring (bicyclic) bond motifs is 1. The molecule has 0 atom stereocenters. The van der Waals surface area contributed by atoms with Crippen LogP contribution in [0.2, 0.25) is 0 Å². The topological polar surface area (TPSA) is 50.3 Å². The number of aryl methyl sites for hydroxylation is 1. The smallest absolute Gasteiger partial charge is 0.140 e. The zero-order chi connectivity index (χ0) is 15.5.